The van der Waals surface area contributed by atoms with Gasteiger partial charge in [0.25, 0.3) is 0 Å². The zero-order valence-electron chi connectivity index (χ0n) is 9.57. The molecule has 2 aliphatic rings. The third-order valence-corrected chi connectivity index (χ3v) is 4.40. The van der Waals surface area contributed by atoms with Crippen molar-refractivity contribution in [1.29, 1.82) is 0 Å². The molecule has 2 fully saturated rings. The predicted molar refractivity (Wildman–Crippen MR) is 64.2 cm³/mol. The molecule has 2 aliphatic heterocycles. The fourth-order valence-corrected chi connectivity index (χ4v) is 3.49. The van der Waals surface area contributed by atoms with Crippen LogP contribution in [0.25, 0.3) is 0 Å². The van der Waals surface area contributed by atoms with Crippen LogP contribution in [0.5, 0.6) is 0 Å². The predicted octanol–water partition coefficient (Wildman–Crippen LogP) is 0.477. The second kappa shape index (κ2) is 5.08. The first-order valence-electron chi connectivity index (χ1n) is 5.82. The molecule has 2 amide bonds. The van der Waals surface area contributed by atoms with Gasteiger partial charge in [-0.2, -0.15) is 11.8 Å². The highest BCUT2D eigenvalue weighted by atomic mass is 32.2. The van der Waals surface area contributed by atoms with Gasteiger partial charge in [-0.25, -0.2) is 0 Å². The van der Waals surface area contributed by atoms with Crippen LogP contribution in [0.2, 0.25) is 0 Å². The van der Waals surface area contributed by atoms with Gasteiger partial charge in [-0.05, 0) is 30.8 Å². The zero-order chi connectivity index (χ0) is 11.5. The second-order valence-corrected chi connectivity index (χ2v) is 5.70. The Morgan fingerprint density at radius 3 is 3.00 bits per heavy atom. The minimum absolute atomic E-state index is 0.0100. The Morgan fingerprint density at radius 2 is 2.31 bits per heavy atom. The molecule has 0 saturated carbocycles. The van der Waals surface area contributed by atoms with Crippen LogP contribution in [-0.2, 0) is 9.59 Å². The fourth-order valence-electron chi connectivity index (χ4n) is 2.22. The summed E-state index contributed by atoms with van der Waals surface area (Å²) in [5.74, 6) is 3.04. The number of thioether (sulfide) groups is 1. The second-order valence-electron chi connectivity index (χ2n) is 4.55. The first-order chi connectivity index (χ1) is 7.66. The summed E-state index contributed by atoms with van der Waals surface area (Å²) >= 11 is 1.96. The highest BCUT2D eigenvalue weighted by molar-refractivity contribution is 7.99. The molecule has 0 spiro atoms. The van der Waals surface area contributed by atoms with E-state index in [4.69, 9.17) is 0 Å². The monoisotopic (exact) mass is 242 g/mol. The van der Waals surface area contributed by atoms with Crippen molar-refractivity contribution in [3.05, 3.63) is 0 Å². The van der Waals surface area contributed by atoms with Gasteiger partial charge in [0, 0.05) is 19.5 Å². The molecule has 4 nitrogen and oxygen atoms in total. The molecule has 0 aromatic rings. The largest absolute Gasteiger partial charge is 0.345 e. The van der Waals surface area contributed by atoms with Gasteiger partial charge in [-0.1, -0.05) is 0 Å². The Hall–Kier alpha value is -0.710. The number of hydrogen-bond acceptors (Lipinski definition) is 3. The summed E-state index contributed by atoms with van der Waals surface area (Å²) in [4.78, 5) is 25.2. The van der Waals surface area contributed by atoms with Crippen LogP contribution in [0.1, 0.15) is 19.8 Å². The van der Waals surface area contributed by atoms with Crippen molar-refractivity contribution in [2.75, 3.05) is 24.6 Å². The van der Waals surface area contributed by atoms with Crippen LogP contribution < -0.4 is 5.32 Å². The summed E-state index contributed by atoms with van der Waals surface area (Å²) in [5.41, 5.74) is 0. The topological polar surface area (TPSA) is 49.4 Å². The van der Waals surface area contributed by atoms with E-state index < -0.39 is 0 Å². The lowest BCUT2D eigenvalue weighted by Gasteiger charge is -2.25. The van der Waals surface area contributed by atoms with Crippen molar-refractivity contribution < 1.29 is 9.59 Å². The maximum Gasteiger partial charge on any atom is 0.244 e. The van der Waals surface area contributed by atoms with Crippen molar-refractivity contribution in [3.8, 4) is 0 Å². The van der Waals surface area contributed by atoms with Crippen molar-refractivity contribution >= 4 is 23.6 Å². The van der Waals surface area contributed by atoms with E-state index in [1.165, 1.54) is 12.2 Å². The van der Waals surface area contributed by atoms with Crippen LogP contribution in [0.15, 0.2) is 0 Å². The smallest absolute Gasteiger partial charge is 0.244 e. The molecular formula is C11H18N2O2S. The van der Waals surface area contributed by atoms with Gasteiger partial charge >= 0.3 is 0 Å². The van der Waals surface area contributed by atoms with Crippen LogP contribution in [0, 0.1) is 5.92 Å². The Morgan fingerprint density at radius 1 is 1.50 bits per heavy atom. The van der Waals surface area contributed by atoms with Gasteiger partial charge in [0.1, 0.15) is 6.04 Å². The average molecular weight is 242 g/mol. The number of hydrogen-bond donors (Lipinski definition) is 1. The quantitative estimate of drug-likeness (QED) is 0.766. The Balaban J connectivity index is 1.95. The number of rotatable bonds is 2. The number of nitrogens with one attached hydrogen (secondary N) is 1. The number of carbonyl (C=O) groups excluding carboxylic acids is 2. The van der Waals surface area contributed by atoms with Crippen LogP contribution >= 0.6 is 11.8 Å². The third-order valence-electron chi connectivity index (χ3n) is 3.17. The lowest BCUT2D eigenvalue weighted by atomic mass is 10.1. The molecular weight excluding hydrogens is 224 g/mol. The van der Waals surface area contributed by atoms with Gasteiger partial charge < -0.3 is 10.2 Å². The molecule has 0 aromatic carbocycles. The Kier molecular flexibility index (Phi) is 3.74. The van der Waals surface area contributed by atoms with E-state index in [1.54, 1.807) is 6.92 Å². The van der Waals surface area contributed by atoms with E-state index in [0.29, 0.717) is 18.9 Å². The fraction of sp³-hybridized carbons (Fsp3) is 0.818. The summed E-state index contributed by atoms with van der Waals surface area (Å²) in [7, 11) is 0. The highest BCUT2D eigenvalue weighted by Gasteiger charge is 2.29. The standard InChI is InChI=1S/C11H18N2O2S/c1-8-11(15)13(4-2-10(14)12-8)6-9-3-5-16-7-9/h8-9H,2-7H2,1H3,(H,12,14). The number of amides is 2. The average Bonchev–Trinajstić information content (AvgIpc) is 2.71. The molecule has 1 N–H and O–H groups in total. The lowest BCUT2D eigenvalue weighted by Crippen LogP contribution is -2.44. The maximum absolute atomic E-state index is 12.0. The zero-order valence-corrected chi connectivity index (χ0v) is 10.4. The van der Waals surface area contributed by atoms with E-state index in [-0.39, 0.29) is 17.9 Å². The molecule has 5 heteroatoms. The van der Waals surface area contributed by atoms with E-state index in [1.807, 2.05) is 16.7 Å². The summed E-state index contributed by atoms with van der Waals surface area (Å²) in [5, 5.41) is 2.71. The first kappa shape index (κ1) is 11.8. The third kappa shape index (κ3) is 2.70. The summed E-state index contributed by atoms with van der Waals surface area (Å²) < 4.78 is 0. The molecule has 2 unspecified atom stereocenters. The number of nitrogens with zero attached hydrogens (tertiary/aromatic N) is 1. The van der Waals surface area contributed by atoms with Gasteiger partial charge in [-0.3, -0.25) is 9.59 Å². The van der Waals surface area contributed by atoms with Crippen molar-refractivity contribution in [3.63, 3.8) is 0 Å². The van der Waals surface area contributed by atoms with Gasteiger partial charge in [0.2, 0.25) is 11.8 Å². The van der Waals surface area contributed by atoms with Gasteiger partial charge in [0.05, 0.1) is 0 Å². The molecule has 0 aliphatic carbocycles. The van der Waals surface area contributed by atoms with E-state index in [0.717, 1.165) is 12.3 Å². The van der Waals surface area contributed by atoms with E-state index >= 15 is 0 Å². The minimum atomic E-state index is -0.357. The number of carbonyl (C=O) groups is 2. The van der Waals surface area contributed by atoms with Gasteiger partial charge in [0.15, 0.2) is 0 Å². The van der Waals surface area contributed by atoms with Crippen LogP contribution in [0.3, 0.4) is 0 Å². The molecule has 90 valence electrons. The summed E-state index contributed by atoms with van der Waals surface area (Å²) in [6.07, 6.45) is 1.64. The molecule has 0 aromatic heterocycles. The maximum atomic E-state index is 12.0. The minimum Gasteiger partial charge on any atom is -0.345 e. The highest BCUT2D eigenvalue weighted by Crippen LogP contribution is 2.24. The normalized spacial score (nSPS) is 31.4. The van der Waals surface area contributed by atoms with Crippen molar-refractivity contribution in [2.45, 2.75) is 25.8 Å². The SMILES string of the molecule is CC1NC(=O)CCN(CC2CCSC2)C1=O. The van der Waals surface area contributed by atoms with Crippen LogP contribution in [-0.4, -0.2) is 47.4 Å². The molecule has 2 heterocycles. The molecule has 2 rings (SSSR count). The first-order valence-corrected chi connectivity index (χ1v) is 6.98. The van der Waals surface area contributed by atoms with Gasteiger partial charge in [-0.15, -0.1) is 0 Å². The van der Waals surface area contributed by atoms with Crippen molar-refractivity contribution in [1.82, 2.24) is 10.2 Å². The van der Waals surface area contributed by atoms with E-state index in [9.17, 15) is 9.59 Å². The summed E-state index contributed by atoms with van der Waals surface area (Å²) in [6, 6.07) is -0.357. The van der Waals surface area contributed by atoms with Crippen LogP contribution in [0.4, 0.5) is 0 Å². The molecule has 0 radical (unpaired) electrons. The Bertz CT molecular complexity index is 290. The molecule has 0 bridgehead atoms. The van der Waals surface area contributed by atoms with Crippen molar-refractivity contribution in [2.24, 2.45) is 5.92 Å². The Labute approximate surface area is 100 Å². The molecule has 16 heavy (non-hydrogen) atoms. The summed E-state index contributed by atoms with van der Waals surface area (Å²) in [6.45, 7) is 3.17. The molecule has 2 atom stereocenters. The van der Waals surface area contributed by atoms with E-state index in [2.05, 4.69) is 5.32 Å². The lowest BCUT2D eigenvalue weighted by molar-refractivity contribution is -0.133. The molecule has 2 saturated heterocycles.